The number of thioether (sulfide) groups is 1. The number of anilines is 1. The highest BCUT2D eigenvalue weighted by Crippen LogP contribution is 2.29. The number of nitrogens with one attached hydrogen (secondary N) is 1. The van der Waals surface area contributed by atoms with Crippen LogP contribution in [-0.4, -0.2) is 46.1 Å². The lowest BCUT2D eigenvalue weighted by molar-refractivity contribution is -0.120. The Labute approximate surface area is 198 Å². The largest absolute Gasteiger partial charge is 0.442 e. The van der Waals surface area contributed by atoms with Gasteiger partial charge in [-0.05, 0) is 37.3 Å². The van der Waals surface area contributed by atoms with Crippen molar-refractivity contribution in [1.29, 1.82) is 0 Å². The van der Waals surface area contributed by atoms with Crippen LogP contribution in [0.3, 0.4) is 0 Å². The van der Waals surface area contributed by atoms with Gasteiger partial charge in [-0.15, -0.1) is 11.8 Å². The maximum absolute atomic E-state index is 12.4. The first-order valence-corrected chi connectivity index (χ1v) is 11.2. The molecule has 0 saturated carbocycles. The zero-order chi connectivity index (χ0) is 23.4. The normalized spacial score (nSPS) is 16.6. The molecule has 0 bridgehead atoms. The molecule has 32 heavy (non-hydrogen) atoms. The Morgan fingerprint density at radius 3 is 2.81 bits per heavy atom. The van der Waals surface area contributed by atoms with Gasteiger partial charge in [-0.3, -0.25) is 19.1 Å². The SMILES string of the molecule is C=C(Cl)SC(C)C(=O)NC[C@H]1CN(c2ccc(-n3cccc(CO)c3=O)c(Cl)c2)C(=O)O1. The monoisotopic (exact) mass is 497 g/mol. The topological polar surface area (TPSA) is 101 Å². The fourth-order valence-corrected chi connectivity index (χ4v) is 4.39. The number of amides is 2. The molecule has 1 aliphatic heterocycles. The van der Waals surface area contributed by atoms with Crippen molar-refractivity contribution in [2.24, 2.45) is 0 Å². The van der Waals surface area contributed by atoms with Gasteiger partial charge in [-0.1, -0.05) is 29.8 Å². The number of cyclic esters (lactones) is 1. The lowest BCUT2D eigenvalue weighted by Gasteiger charge is -2.16. The van der Waals surface area contributed by atoms with Crippen LogP contribution in [0, 0.1) is 0 Å². The summed E-state index contributed by atoms with van der Waals surface area (Å²) in [7, 11) is 0. The van der Waals surface area contributed by atoms with Gasteiger partial charge in [0, 0.05) is 17.4 Å². The molecule has 11 heteroatoms. The van der Waals surface area contributed by atoms with Crippen molar-refractivity contribution < 1.29 is 19.4 Å². The number of carbonyl (C=O) groups excluding carboxylic acids is 2. The molecule has 0 spiro atoms. The summed E-state index contributed by atoms with van der Waals surface area (Å²) in [6, 6.07) is 7.98. The molecule has 1 saturated heterocycles. The summed E-state index contributed by atoms with van der Waals surface area (Å²) in [6.45, 7) is 5.23. The third-order valence-corrected chi connectivity index (χ3v) is 6.14. The van der Waals surface area contributed by atoms with Crippen LogP contribution >= 0.6 is 35.0 Å². The number of aliphatic hydroxyl groups excluding tert-OH is 1. The molecule has 3 rings (SSSR count). The first-order valence-electron chi connectivity index (χ1n) is 9.59. The van der Waals surface area contributed by atoms with Crippen molar-refractivity contribution in [3.63, 3.8) is 0 Å². The zero-order valence-electron chi connectivity index (χ0n) is 17.1. The van der Waals surface area contributed by atoms with Crippen LogP contribution < -0.4 is 15.8 Å². The molecular formula is C21H21Cl2N3O5S. The first kappa shape index (κ1) is 24.2. The number of hydrogen-bond donors (Lipinski definition) is 2. The molecule has 170 valence electrons. The number of ether oxygens (including phenoxy) is 1. The van der Waals surface area contributed by atoms with Gasteiger partial charge in [0.25, 0.3) is 5.56 Å². The van der Waals surface area contributed by atoms with Crippen LogP contribution in [-0.2, 0) is 16.1 Å². The minimum Gasteiger partial charge on any atom is -0.442 e. The number of aliphatic hydroxyl groups is 1. The highest BCUT2D eigenvalue weighted by molar-refractivity contribution is 8.05. The van der Waals surface area contributed by atoms with Crippen molar-refractivity contribution >= 4 is 52.7 Å². The number of aromatic nitrogens is 1. The van der Waals surface area contributed by atoms with Gasteiger partial charge in [0.1, 0.15) is 6.10 Å². The van der Waals surface area contributed by atoms with E-state index in [9.17, 15) is 19.5 Å². The Balaban J connectivity index is 1.69. The summed E-state index contributed by atoms with van der Waals surface area (Å²) in [5, 5.41) is 11.9. The molecule has 2 aromatic rings. The predicted molar refractivity (Wildman–Crippen MR) is 126 cm³/mol. The molecule has 0 aliphatic carbocycles. The van der Waals surface area contributed by atoms with Gasteiger partial charge in [0.2, 0.25) is 5.91 Å². The van der Waals surface area contributed by atoms with Crippen LogP contribution in [0.4, 0.5) is 10.5 Å². The minimum absolute atomic E-state index is 0.149. The van der Waals surface area contributed by atoms with Gasteiger partial charge in [0.05, 0.1) is 40.0 Å². The van der Waals surface area contributed by atoms with Crippen molar-refractivity contribution in [3.05, 3.63) is 68.4 Å². The Bertz CT molecular complexity index is 1110. The van der Waals surface area contributed by atoms with E-state index in [2.05, 4.69) is 11.9 Å². The lowest BCUT2D eigenvalue weighted by atomic mass is 10.2. The average molecular weight is 498 g/mol. The van der Waals surface area contributed by atoms with Crippen LogP contribution in [0.25, 0.3) is 5.69 Å². The van der Waals surface area contributed by atoms with Crippen molar-refractivity contribution in [1.82, 2.24) is 9.88 Å². The van der Waals surface area contributed by atoms with E-state index in [1.807, 2.05) is 0 Å². The van der Waals surface area contributed by atoms with E-state index in [0.717, 1.165) is 11.8 Å². The smallest absolute Gasteiger partial charge is 0.414 e. The summed E-state index contributed by atoms with van der Waals surface area (Å²) in [5.41, 5.74) is 0.765. The molecule has 0 radical (unpaired) electrons. The fraction of sp³-hybridized carbons (Fsp3) is 0.286. The second-order valence-electron chi connectivity index (χ2n) is 6.98. The Morgan fingerprint density at radius 1 is 1.41 bits per heavy atom. The van der Waals surface area contributed by atoms with E-state index in [1.165, 1.54) is 15.5 Å². The molecule has 8 nitrogen and oxygen atoms in total. The molecule has 2 heterocycles. The highest BCUT2D eigenvalue weighted by atomic mass is 35.5. The van der Waals surface area contributed by atoms with Gasteiger partial charge >= 0.3 is 6.09 Å². The number of carbonyl (C=O) groups is 2. The van der Waals surface area contributed by atoms with E-state index >= 15 is 0 Å². The van der Waals surface area contributed by atoms with Crippen LogP contribution in [0.2, 0.25) is 5.02 Å². The molecule has 1 unspecified atom stereocenters. The van der Waals surface area contributed by atoms with Crippen LogP contribution in [0.1, 0.15) is 12.5 Å². The predicted octanol–water partition coefficient (Wildman–Crippen LogP) is 3.26. The highest BCUT2D eigenvalue weighted by Gasteiger charge is 2.33. The third-order valence-electron chi connectivity index (χ3n) is 4.75. The third kappa shape index (κ3) is 5.47. The maximum atomic E-state index is 12.4. The number of nitrogens with zero attached hydrogens (tertiary/aromatic N) is 2. The first-order chi connectivity index (χ1) is 15.2. The summed E-state index contributed by atoms with van der Waals surface area (Å²) in [5.74, 6) is -0.241. The van der Waals surface area contributed by atoms with Crippen molar-refractivity contribution in [2.45, 2.75) is 24.9 Å². The number of benzene rings is 1. The second-order valence-corrected chi connectivity index (χ2v) is 9.50. The van der Waals surface area contributed by atoms with Crippen LogP contribution in [0.5, 0.6) is 0 Å². The Morgan fingerprint density at radius 2 is 2.16 bits per heavy atom. The van der Waals surface area contributed by atoms with Crippen LogP contribution in [0.15, 0.2) is 52.3 Å². The molecular weight excluding hydrogens is 477 g/mol. The summed E-state index contributed by atoms with van der Waals surface area (Å²) < 4.78 is 6.98. The van der Waals surface area contributed by atoms with Gasteiger partial charge in [-0.2, -0.15) is 0 Å². The molecule has 1 aliphatic rings. The zero-order valence-corrected chi connectivity index (χ0v) is 19.4. The molecule has 2 amide bonds. The van der Waals surface area contributed by atoms with Gasteiger partial charge < -0.3 is 15.2 Å². The van der Waals surface area contributed by atoms with E-state index < -0.39 is 17.4 Å². The van der Waals surface area contributed by atoms with Gasteiger partial charge in [-0.25, -0.2) is 4.79 Å². The summed E-state index contributed by atoms with van der Waals surface area (Å²) in [4.78, 5) is 38.3. The number of rotatable bonds is 8. The maximum Gasteiger partial charge on any atom is 0.414 e. The van der Waals surface area contributed by atoms with Crippen molar-refractivity contribution in [3.8, 4) is 5.69 Å². The molecule has 2 atom stereocenters. The molecule has 1 aromatic carbocycles. The number of halogens is 2. The second kappa shape index (κ2) is 10.4. The lowest BCUT2D eigenvalue weighted by Crippen LogP contribution is -2.38. The van der Waals surface area contributed by atoms with E-state index in [0.29, 0.717) is 15.7 Å². The van der Waals surface area contributed by atoms with E-state index in [1.54, 1.807) is 37.4 Å². The average Bonchev–Trinajstić information content (AvgIpc) is 3.12. The molecule has 2 N–H and O–H groups in total. The van der Waals surface area contributed by atoms with Crippen molar-refractivity contribution in [2.75, 3.05) is 18.0 Å². The Hall–Kier alpha value is -2.46. The quantitative estimate of drug-likeness (QED) is 0.580. The standard InChI is InChI=1S/C21H21Cl2N3O5S/c1-12(32-13(2)22)19(28)24-9-16-10-26(21(30)31-16)15-5-6-18(17(23)8-15)25-7-3-4-14(11-27)20(25)29/h3-8,12,16,27H,2,9-11H2,1H3,(H,24,28)/t12?,16-/m0/s1. The summed E-state index contributed by atoms with van der Waals surface area (Å²) >= 11 is 13.2. The fourth-order valence-electron chi connectivity index (χ4n) is 3.15. The summed E-state index contributed by atoms with van der Waals surface area (Å²) in [6.07, 6.45) is 0.443. The Kier molecular flexibility index (Phi) is 7.89. The minimum atomic E-state index is -0.566. The van der Waals surface area contributed by atoms with Gasteiger partial charge in [0.15, 0.2) is 0 Å². The molecule has 1 aromatic heterocycles. The molecule has 1 fully saturated rings. The van der Waals surface area contributed by atoms with E-state index in [4.69, 9.17) is 27.9 Å². The number of hydrogen-bond acceptors (Lipinski definition) is 6. The van der Waals surface area contributed by atoms with E-state index in [-0.39, 0.29) is 41.7 Å². The number of pyridine rings is 1.